The van der Waals surface area contributed by atoms with Crippen molar-refractivity contribution in [3.63, 3.8) is 0 Å². The fraction of sp³-hybridized carbons (Fsp3) is 0.909. The Balaban J connectivity index is 2.20. The maximum atomic E-state index is 11.6. The van der Waals surface area contributed by atoms with Gasteiger partial charge in [0.1, 0.15) is 0 Å². The molecular formula is C11H23N3O4S. The van der Waals surface area contributed by atoms with Gasteiger partial charge >= 0.3 is 0 Å². The van der Waals surface area contributed by atoms with E-state index in [-0.39, 0.29) is 18.2 Å². The molecule has 1 N–H and O–H groups in total. The van der Waals surface area contributed by atoms with Gasteiger partial charge in [-0.15, -0.1) is 0 Å². The van der Waals surface area contributed by atoms with Crippen molar-refractivity contribution < 1.29 is 17.9 Å². The highest BCUT2D eigenvalue weighted by atomic mass is 32.2. The number of sulfonamides is 1. The van der Waals surface area contributed by atoms with E-state index in [1.807, 2.05) is 0 Å². The van der Waals surface area contributed by atoms with E-state index in [2.05, 4.69) is 10.2 Å². The Kier molecular flexibility index (Phi) is 6.70. The van der Waals surface area contributed by atoms with E-state index >= 15 is 0 Å². The number of carbonyl (C=O) groups is 1. The van der Waals surface area contributed by atoms with Crippen LogP contribution in [0, 0.1) is 0 Å². The zero-order valence-corrected chi connectivity index (χ0v) is 12.4. The summed E-state index contributed by atoms with van der Waals surface area (Å²) >= 11 is 0. The first-order valence-corrected chi connectivity index (χ1v) is 8.07. The first kappa shape index (κ1) is 16.4. The smallest absolute Gasteiger partial charge is 0.235 e. The summed E-state index contributed by atoms with van der Waals surface area (Å²) in [5.74, 6) is -0.266. The molecule has 0 bridgehead atoms. The van der Waals surface area contributed by atoms with E-state index in [0.717, 1.165) is 37.2 Å². The molecule has 1 rings (SSSR count). The molecule has 0 aromatic carbocycles. The van der Waals surface area contributed by atoms with Crippen LogP contribution < -0.4 is 5.32 Å². The van der Waals surface area contributed by atoms with Crippen LogP contribution in [0.1, 0.15) is 6.92 Å². The zero-order chi connectivity index (χ0) is 14.3. The third-order valence-corrected chi connectivity index (χ3v) is 4.87. The molecule has 1 heterocycles. The van der Waals surface area contributed by atoms with Crippen molar-refractivity contribution >= 4 is 15.9 Å². The molecule has 0 aromatic rings. The first-order valence-electron chi connectivity index (χ1n) is 6.46. The Hall–Kier alpha value is -0.700. The maximum absolute atomic E-state index is 11.6. The third-order valence-electron chi connectivity index (χ3n) is 3.06. The van der Waals surface area contributed by atoms with Gasteiger partial charge in [-0.25, -0.2) is 8.42 Å². The molecule has 19 heavy (non-hydrogen) atoms. The molecule has 112 valence electrons. The molecule has 0 unspecified atom stereocenters. The van der Waals surface area contributed by atoms with E-state index in [0.29, 0.717) is 6.54 Å². The highest BCUT2D eigenvalue weighted by molar-refractivity contribution is 7.89. The average molecular weight is 293 g/mol. The monoisotopic (exact) mass is 293 g/mol. The molecule has 1 amide bonds. The number of likely N-dealkylation sites (N-methyl/N-ethyl adjacent to an activating group) is 1. The Bertz CT molecular complexity index is 379. The minimum absolute atomic E-state index is 0.00452. The van der Waals surface area contributed by atoms with Crippen LogP contribution in [0.3, 0.4) is 0 Å². The van der Waals surface area contributed by atoms with Crippen LogP contribution in [-0.2, 0) is 19.6 Å². The van der Waals surface area contributed by atoms with Gasteiger partial charge in [-0.3, -0.25) is 9.69 Å². The Morgan fingerprint density at radius 1 is 1.37 bits per heavy atom. The number of rotatable bonds is 7. The molecule has 8 heteroatoms. The van der Waals surface area contributed by atoms with Crippen LogP contribution in [0.5, 0.6) is 0 Å². The predicted octanol–water partition coefficient (Wildman–Crippen LogP) is -1.28. The normalized spacial score (nSPS) is 17.6. The lowest BCUT2D eigenvalue weighted by Gasteiger charge is -2.26. The molecule has 0 aliphatic carbocycles. The minimum atomic E-state index is -3.29. The van der Waals surface area contributed by atoms with Gasteiger partial charge in [-0.1, -0.05) is 0 Å². The minimum Gasteiger partial charge on any atom is -0.379 e. The summed E-state index contributed by atoms with van der Waals surface area (Å²) in [5.41, 5.74) is 0. The number of hydrogen-bond donors (Lipinski definition) is 1. The van der Waals surface area contributed by atoms with Crippen molar-refractivity contribution in [2.75, 3.05) is 58.7 Å². The molecule has 0 spiro atoms. The van der Waals surface area contributed by atoms with Gasteiger partial charge in [-0.05, 0) is 6.92 Å². The van der Waals surface area contributed by atoms with Crippen LogP contribution in [0.25, 0.3) is 0 Å². The second-order valence-electron chi connectivity index (χ2n) is 4.46. The highest BCUT2D eigenvalue weighted by Gasteiger charge is 2.18. The van der Waals surface area contributed by atoms with E-state index in [1.165, 1.54) is 7.05 Å². The number of nitrogens with one attached hydrogen (secondary N) is 1. The SMILES string of the molecule is CCS(=O)(=O)N(C)CC(=O)NCCN1CCOCC1. The lowest BCUT2D eigenvalue weighted by atomic mass is 10.4. The van der Waals surface area contributed by atoms with Crippen molar-refractivity contribution in [1.29, 1.82) is 0 Å². The van der Waals surface area contributed by atoms with Crippen molar-refractivity contribution in [2.45, 2.75) is 6.92 Å². The maximum Gasteiger partial charge on any atom is 0.235 e. The molecule has 7 nitrogen and oxygen atoms in total. The van der Waals surface area contributed by atoms with Gasteiger partial charge in [0, 0.05) is 33.2 Å². The Morgan fingerprint density at radius 3 is 2.58 bits per heavy atom. The number of hydrogen-bond acceptors (Lipinski definition) is 5. The number of nitrogens with zero attached hydrogens (tertiary/aromatic N) is 2. The summed E-state index contributed by atoms with van der Waals surface area (Å²) in [6, 6.07) is 0. The number of carbonyl (C=O) groups excluding carboxylic acids is 1. The van der Waals surface area contributed by atoms with E-state index in [1.54, 1.807) is 6.92 Å². The molecule has 0 saturated carbocycles. The summed E-state index contributed by atoms with van der Waals surface area (Å²) in [5, 5.41) is 2.73. The van der Waals surface area contributed by atoms with Crippen LogP contribution in [0.15, 0.2) is 0 Å². The van der Waals surface area contributed by atoms with Crippen LogP contribution in [0.2, 0.25) is 0 Å². The summed E-state index contributed by atoms with van der Waals surface area (Å²) in [7, 11) is -1.88. The van der Waals surface area contributed by atoms with Gasteiger partial charge in [-0.2, -0.15) is 4.31 Å². The largest absolute Gasteiger partial charge is 0.379 e. The van der Waals surface area contributed by atoms with Gasteiger partial charge in [0.2, 0.25) is 15.9 Å². The predicted molar refractivity (Wildman–Crippen MR) is 72.4 cm³/mol. The zero-order valence-electron chi connectivity index (χ0n) is 11.6. The highest BCUT2D eigenvalue weighted by Crippen LogP contribution is 1.97. The quantitative estimate of drug-likeness (QED) is 0.632. The molecule has 1 aliphatic heterocycles. The fourth-order valence-electron chi connectivity index (χ4n) is 1.76. The lowest BCUT2D eigenvalue weighted by Crippen LogP contribution is -2.44. The van der Waals surface area contributed by atoms with Crippen LogP contribution in [0.4, 0.5) is 0 Å². The molecule has 1 fully saturated rings. The average Bonchev–Trinajstić information content (AvgIpc) is 2.39. The number of amides is 1. The van der Waals surface area contributed by atoms with Crippen molar-refractivity contribution in [3.05, 3.63) is 0 Å². The van der Waals surface area contributed by atoms with Crippen molar-refractivity contribution in [1.82, 2.24) is 14.5 Å². The van der Waals surface area contributed by atoms with Gasteiger partial charge in [0.05, 0.1) is 25.5 Å². The molecule has 0 atom stereocenters. The second kappa shape index (κ2) is 7.78. The Morgan fingerprint density at radius 2 is 2.00 bits per heavy atom. The number of morpholine rings is 1. The van der Waals surface area contributed by atoms with E-state index < -0.39 is 10.0 Å². The van der Waals surface area contributed by atoms with Crippen molar-refractivity contribution in [3.8, 4) is 0 Å². The summed E-state index contributed by atoms with van der Waals surface area (Å²) in [4.78, 5) is 13.8. The molecule has 0 aromatic heterocycles. The van der Waals surface area contributed by atoms with Crippen molar-refractivity contribution in [2.24, 2.45) is 0 Å². The van der Waals surface area contributed by atoms with Crippen LogP contribution >= 0.6 is 0 Å². The van der Waals surface area contributed by atoms with Gasteiger partial charge in [0.15, 0.2) is 0 Å². The fourth-order valence-corrected chi connectivity index (χ4v) is 2.51. The number of ether oxygens (including phenoxy) is 1. The van der Waals surface area contributed by atoms with Gasteiger partial charge in [0.25, 0.3) is 0 Å². The molecule has 0 radical (unpaired) electrons. The topological polar surface area (TPSA) is 79.0 Å². The van der Waals surface area contributed by atoms with Crippen LogP contribution in [-0.4, -0.2) is 82.3 Å². The molecule has 1 aliphatic rings. The third kappa shape index (κ3) is 5.85. The molecular weight excluding hydrogens is 270 g/mol. The summed E-state index contributed by atoms with van der Waals surface area (Å²) in [6.45, 7) is 5.93. The van der Waals surface area contributed by atoms with Gasteiger partial charge < -0.3 is 10.1 Å². The summed E-state index contributed by atoms with van der Waals surface area (Å²) < 4.78 is 29.3. The van der Waals surface area contributed by atoms with E-state index in [9.17, 15) is 13.2 Å². The first-order chi connectivity index (χ1) is 8.95. The standard InChI is InChI=1S/C11H23N3O4S/c1-3-19(16,17)13(2)10-11(15)12-4-5-14-6-8-18-9-7-14/h3-10H2,1-2H3,(H,12,15). The molecule has 1 saturated heterocycles. The lowest BCUT2D eigenvalue weighted by molar-refractivity contribution is -0.121. The second-order valence-corrected chi connectivity index (χ2v) is 6.83. The summed E-state index contributed by atoms with van der Waals surface area (Å²) in [6.07, 6.45) is 0. The van der Waals surface area contributed by atoms with E-state index in [4.69, 9.17) is 4.74 Å². The Labute approximate surface area is 114 Å².